The number of benzene rings is 1. The maximum absolute atomic E-state index is 12.6. The molecule has 0 spiro atoms. The predicted molar refractivity (Wildman–Crippen MR) is 131 cm³/mol. The second-order valence-electron chi connectivity index (χ2n) is 11.8. The number of amides is 2. The number of hydrogen-bond donors (Lipinski definition) is 2. The molecule has 1 aromatic carbocycles. The molecule has 1 unspecified atom stereocenters. The number of urea groups is 1. The summed E-state index contributed by atoms with van der Waals surface area (Å²) in [6.45, 7) is 9.57. The Morgan fingerprint density at radius 2 is 1.53 bits per heavy atom. The number of piperazine rings is 1. The van der Waals surface area contributed by atoms with E-state index in [1.807, 2.05) is 0 Å². The van der Waals surface area contributed by atoms with Gasteiger partial charge in [0, 0.05) is 44.5 Å². The number of rotatable bonds is 6. The molecule has 5 heteroatoms. The number of likely N-dealkylation sites (N-methyl/N-ethyl adjacent to an activating group) is 1. The molecule has 1 saturated heterocycles. The fraction of sp³-hybridized carbons (Fsp3) is 0.741. The van der Waals surface area contributed by atoms with E-state index in [0.29, 0.717) is 23.9 Å². The third-order valence-electron chi connectivity index (χ3n) is 9.04. The van der Waals surface area contributed by atoms with Gasteiger partial charge in [0.15, 0.2) is 0 Å². The molecule has 1 atom stereocenters. The lowest BCUT2D eigenvalue weighted by molar-refractivity contribution is -0.00518. The first-order valence-corrected chi connectivity index (χ1v) is 13.0. The van der Waals surface area contributed by atoms with E-state index in [1.165, 1.54) is 44.1 Å². The van der Waals surface area contributed by atoms with Gasteiger partial charge < -0.3 is 15.5 Å². The Hall–Kier alpha value is -1.59. The fourth-order valence-electron chi connectivity index (χ4n) is 7.68. The van der Waals surface area contributed by atoms with E-state index in [2.05, 4.69) is 65.6 Å². The van der Waals surface area contributed by atoms with Crippen molar-refractivity contribution in [3.63, 3.8) is 0 Å². The van der Waals surface area contributed by atoms with Crippen LogP contribution in [0.3, 0.4) is 0 Å². The molecule has 2 amide bonds. The van der Waals surface area contributed by atoms with E-state index in [9.17, 15) is 4.79 Å². The van der Waals surface area contributed by atoms with E-state index in [-0.39, 0.29) is 6.03 Å². The van der Waals surface area contributed by atoms with Crippen LogP contribution < -0.4 is 10.6 Å². The van der Waals surface area contributed by atoms with E-state index >= 15 is 0 Å². The Labute approximate surface area is 194 Å². The van der Waals surface area contributed by atoms with Crippen LogP contribution in [-0.4, -0.2) is 61.6 Å². The largest absolute Gasteiger partial charge is 0.336 e. The SMILES string of the molecule is CC(C)C(CNC(=O)Nc1ccc(C23CC4CC(CC(C4)C2)C3)cc1)N1CCN(C)CC1. The van der Waals surface area contributed by atoms with Crippen molar-refractivity contribution < 1.29 is 4.79 Å². The first kappa shape index (κ1) is 22.2. The maximum atomic E-state index is 12.6. The van der Waals surface area contributed by atoms with E-state index in [1.54, 1.807) is 0 Å². The van der Waals surface area contributed by atoms with Crippen LogP contribution in [0.2, 0.25) is 0 Å². The van der Waals surface area contributed by atoms with Crippen LogP contribution in [-0.2, 0) is 5.41 Å². The minimum absolute atomic E-state index is 0.0904. The van der Waals surface area contributed by atoms with Crippen LogP contribution in [0.1, 0.15) is 57.9 Å². The second kappa shape index (κ2) is 8.98. The van der Waals surface area contributed by atoms with Crippen molar-refractivity contribution in [1.82, 2.24) is 15.1 Å². The lowest BCUT2D eigenvalue weighted by Crippen LogP contribution is -2.54. The van der Waals surface area contributed by atoms with Gasteiger partial charge in [-0.15, -0.1) is 0 Å². The molecule has 1 aliphatic heterocycles. The van der Waals surface area contributed by atoms with Gasteiger partial charge in [0.25, 0.3) is 0 Å². The van der Waals surface area contributed by atoms with Crippen LogP contribution >= 0.6 is 0 Å². The standard InChI is InChI=1S/C27H42N4O/c1-19(2)25(31-10-8-30(3)9-11-31)18-28-26(32)29-24-6-4-23(5-7-24)27-15-20-12-21(16-27)14-22(13-20)17-27/h4-7,19-22,25H,8-18H2,1-3H3,(H2,28,29,32). The summed E-state index contributed by atoms with van der Waals surface area (Å²) < 4.78 is 0. The molecule has 6 rings (SSSR count). The summed E-state index contributed by atoms with van der Waals surface area (Å²) in [5.41, 5.74) is 2.83. The Morgan fingerprint density at radius 3 is 2.06 bits per heavy atom. The minimum Gasteiger partial charge on any atom is -0.336 e. The molecule has 1 heterocycles. The molecule has 32 heavy (non-hydrogen) atoms. The van der Waals surface area contributed by atoms with Crippen molar-refractivity contribution >= 4 is 11.7 Å². The number of hydrogen-bond acceptors (Lipinski definition) is 3. The van der Waals surface area contributed by atoms with Crippen molar-refractivity contribution in [3.05, 3.63) is 29.8 Å². The topological polar surface area (TPSA) is 47.6 Å². The van der Waals surface area contributed by atoms with E-state index < -0.39 is 0 Å². The highest BCUT2D eigenvalue weighted by atomic mass is 16.2. The van der Waals surface area contributed by atoms with Crippen molar-refractivity contribution in [1.29, 1.82) is 0 Å². The van der Waals surface area contributed by atoms with Gasteiger partial charge in [0.1, 0.15) is 0 Å². The van der Waals surface area contributed by atoms with Gasteiger partial charge in [-0.3, -0.25) is 4.90 Å². The molecule has 2 N–H and O–H groups in total. The van der Waals surface area contributed by atoms with Crippen molar-refractivity contribution in [2.24, 2.45) is 23.7 Å². The summed E-state index contributed by atoms with van der Waals surface area (Å²) >= 11 is 0. The van der Waals surface area contributed by atoms with Crippen LogP contribution in [0.25, 0.3) is 0 Å². The summed E-state index contributed by atoms with van der Waals surface area (Å²) in [4.78, 5) is 17.5. The first-order valence-electron chi connectivity index (χ1n) is 13.0. The monoisotopic (exact) mass is 438 g/mol. The van der Waals surface area contributed by atoms with Crippen molar-refractivity contribution in [3.8, 4) is 0 Å². The van der Waals surface area contributed by atoms with Crippen molar-refractivity contribution in [2.75, 3.05) is 45.1 Å². The molecular weight excluding hydrogens is 396 g/mol. The van der Waals surface area contributed by atoms with E-state index in [4.69, 9.17) is 0 Å². The van der Waals surface area contributed by atoms with Crippen LogP contribution in [0.4, 0.5) is 10.5 Å². The zero-order valence-corrected chi connectivity index (χ0v) is 20.3. The van der Waals surface area contributed by atoms with Gasteiger partial charge in [-0.05, 0) is 92.4 Å². The number of carbonyl (C=O) groups excluding carboxylic acids is 1. The maximum Gasteiger partial charge on any atom is 0.319 e. The fourth-order valence-corrected chi connectivity index (χ4v) is 7.68. The third kappa shape index (κ3) is 4.56. The van der Waals surface area contributed by atoms with Gasteiger partial charge in [-0.1, -0.05) is 26.0 Å². The third-order valence-corrected chi connectivity index (χ3v) is 9.04. The summed E-state index contributed by atoms with van der Waals surface area (Å²) in [5, 5.41) is 6.21. The Balaban J connectivity index is 1.16. The smallest absolute Gasteiger partial charge is 0.319 e. The van der Waals surface area contributed by atoms with Crippen LogP contribution in [0.5, 0.6) is 0 Å². The molecule has 5 nitrogen and oxygen atoms in total. The van der Waals surface area contributed by atoms with Gasteiger partial charge in [-0.25, -0.2) is 4.79 Å². The number of anilines is 1. The molecule has 1 aromatic rings. The highest BCUT2D eigenvalue weighted by molar-refractivity contribution is 5.89. The molecule has 0 aromatic heterocycles. The molecule has 4 aliphatic carbocycles. The zero-order chi connectivity index (χ0) is 22.3. The molecule has 4 bridgehead atoms. The average molecular weight is 439 g/mol. The zero-order valence-electron chi connectivity index (χ0n) is 20.3. The molecule has 176 valence electrons. The molecule has 5 aliphatic rings. The van der Waals surface area contributed by atoms with Crippen LogP contribution in [0, 0.1) is 23.7 Å². The summed E-state index contributed by atoms with van der Waals surface area (Å²) in [5.74, 6) is 3.38. The number of nitrogens with one attached hydrogen (secondary N) is 2. The summed E-state index contributed by atoms with van der Waals surface area (Å²) in [6.07, 6.45) is 8.58. The molecule has 5 fully saturated rings. The first-order chi connectivity index (χ1) is 15.4. The highest BCUT2D eigenvalue weighted by Gasteiger charge is 2.51. The molecule has 4 saturated carbocycles. The Kier molecular flexibility index (Phi) is 6.23. The lowest BCUT2D eigenvalue weighted by atomic mass is 9.48. The summed E-state index contributed by atoms with van der Waals surface area (Å²) in [6, 6.07) is 9.12. The Bertz CT molecular complexity index is 761. The second-order valence-corrected chi connectivity index (χ2v) is 11.8. The predicted octanol–water partition coefficient (Wildman–Crippen LogP) is 4.55. The molecular formula is C27H42N4O. The highest BCUT2D eigenvalue weighted by Crippen LogP contribution is 2.60. The average Bonchev–Trinajstić information content (AvgIpc) is 2.74. The van der Waals surface area contributed by atoms with Crippen molar-refractivity contribution in [2.45, 2.75) is 63.8 Å². The number of carbonyl (C=O) groups is 1. The van der Waals surface area contributed by atoms with Gasteiger partial charge in [0.2, 0.25) is 0 Å². The lowest BCUT2D eigenvalue weighted by Gasteiger charge is -2.57. The quantitative estimate of drug-likeness (QED) is 0.685. The van der Waals surface area contributed by atoms with Gasteiger partial charge in [-0.2, -0.15) is 0 Å². The minimum atomic E-state index is -0.0904. The van der Waals surface area contributed by atoms with E-state index in [0.717, 1.165) is 49.6 Å². The Morgan fingerprint density at radius 1 is 0.969 bits per heavy atom. The van der Waals surface area contributed by atoms with Gasteiger partial charge >= 0.3 is 6.03 Å². The summed E-state index contributed by atoms with van der Waals surface area (Å²) in [7, 11) is 2.18. The normalized spacial score (nSPS) is 33.4. The molecule has 0 radical (unpaired) electrons. The van der Waals surface area contributed by atoms with Gasteiger partial charge in [0.05, 0.1) is 0 Å². The number of nitrogens with zero attached hydrogens (tertiary/aromatic N) is 2. The van der Waals surface area contributed by atoms with Crippen LogP contribution in [0.15, 0.2) is 24.3 Å².